The Morgan fingerprint density at radius 3 is 2.79 bits per heavy atom. The molecular formula is C19H15FN4. The molecule has 118 valence electrons. The lowest BCUT2D eigenvalue weighted by Gasteiger charge is -2.27. The van der Waals surface area contributed by atoms with Gasteiger partial charge in [0.15, 0.2) is 0 Å². The summed E-state index contributed by atoms with van der Waals surface area (Å²) in [7, 11) is 0. The molecule has 0 unspecified atom stereocenters. The highest BCUT2D eigenvalue weighted by Crippen LogP contribution is 2.29. The van der Waals surface area contributed by atoms with Gasteiger partial charge < -0.3 is 10.6 Å². The summed E-state index contributed by atoms with van der Waals surface area (Å²) in [6.45, 7) is 1.95. The Kier molecular flexibility index (Phi) is 3.60. The number of nitrogens with one attached hydrogen (secondary N) is 2. The van der Waals surface area contributed by atoms with Crippen LogP contribution < -0.4 is 10.6 Å². The van der Waals surface area contributed by atoms with Crippen LogP contribution in [-0.2, 0) is 0 Å². The van der Waals surface area contributed by atoms with Crippen molar-refractivity contribution in [3.63, 3.8) is 0 Å². The molecule has 3 aromatic rings. The molecule has 0 spiro atoms. The van der Waals surface area contributed by atoms with E-state index in [1.807, 2.05) is 6.07 Å². The number of benzene rings is 2. The van der Waals surface area contributed by atoms with Crippen LogP contribution in [0.25, 0.3) is 10.9 Å². The molecular weight excluding hydrogens is 303 g/mol. The van der Waals surface area contributed by atoms with Crippen LogP contribution in [0.1, 0.15) is 17.0 Å². The van der Waals surface area contributed by atoms with E-state index >= 15 is 0 Å². The summed E-state index contributed by atoms with van der Waals surface area (Å²) in [4.78, 5) is 8.58. The molecule has 4 nitrogen and oxygen atoms in total. The molecule has 0 saturated carbocycles. The molecule has 0 aliphatic carbocycles. The Balaban J connectivity index is 1.77. The van der Waals surface area contributed by atoms with Crippen molar-refractivity contribution in [2.24, 2.45) is 0 Å². The molecule has 2 N–H and O–H groups in total. The van der Waals surface area contributed by atoms with E-state index < -0.39 is 0 Å². The summed E-state index contributed by atoms with van der Waals surface area (Å²) in [6.07, 6.45) is 6.87. The minimum absolute atomic E-state index is 0.307. The highest BCUT2D eigenvalue weighted by atomic mass is 19.1. The van der Waals surface area contributed by atoms with Crippen LogP contribution in [0, 0.1) is 18.2 Å². The number of hydrogen-bond acceptors (Lipinski definition) is 4. The molecule has 5 heteroatoms. The van der Waals surface area contributed by atoms with Gasteiger partial charge >= 0.3 is 0 Å². The minimum atomic E-state index is -0.375. The SMILES string of the molecule is C#Cc1ccc(F)c(Nc2ncnc3ccc(C4CNC4)cc23)c1. The van der Waals surface area contributed by atoms with Crippen LogP contribution in [0.5, 0.6) is 0 Å². The average Bonchev–Trinajstić information content (AvgIpc) is 2.56. The fourth-order valence-corrected chi connectivity index (χ4v) is 2.79. The first kappa shape index (κ1) is 14.6. The number of fused-ring (bicyclic) bond motifs is 1. The van der Waals surface area contributed by atoms with Gasteiger partial charge in [0.25, 0.3) is 0 Å². The predicted octanol–water partition coefficient (Wildman–Crippen LogP) is 3.18. The van der Waals surface area contributed by atoms with E-state index in [-0.39, 0.29) is 5.82 Å². The number of terminal acetylenes is 1. The van der Waals surface area contributed by atoms with E-state index in [4.69, 9.17) is 6.42 Å². The summed E-state index contributed by atoms with van der Waals surface area (Å²) in [5.74, 6) is 3.21. The lowest BCUT2D eigenvalue weighted by Crippen LogP contribution is -2.39. The highest BCUT2D eigenvalue weighted by molar-refractivity contribution is 5.91. The molecule has 1 aliphatic heterocycles. The van der Waals surface area contributed by atoms with E-state index in [0.29, 0.717) is 23.0 Å². The topological polar surface area (TPSA) is 49.8 Å². The first-order chi connectivity index (χ1) is 11.7. The lowest BCUT2D eigenvalue weighted by atomic mass is 9.93. The summed E-state index contributed by atoms with van der Waals surface area (Å²) in [6, 6.07) is 10.7. The zero-order chi connectivity index (χ0) is 16.5. The second kappa shape index (κ2) is 5.91. The van der Waals surface area contributed by atoms with E-state index in [2.05, 4.69) is 38.7 Å². The smallest absolute Gasteiger partial charge is 0.146 e. The third-order valence-electron chi connectivity index (χ3n) is 4.30. The summed E-state index contributed by atoms with van der Waals surface area (Å²) in [5, 5.41) is 7.19. The monoisotopic (exact) mass is 318 g/mol. The molecule has 0 radical (unpaired) electrons. The first-order valence-corrected chi connectivity index (χ1v) is 7.73. The zero-order valence-electron chi connectivity index (χ0n) is 12.9. The third-order valence-corrected chi connectivity index (χ3v) is 4.30. The molecule has 4 rings (SSSR count). The number of rotatable bonds is 3. The standard InChI is InChI=1S/C19H15FN4/c1-2-12-3-5-16(20)18(7-12)24-19-15-8-13(14-9-21-10-14)4-6-17(15)22-11-23-19/h1,3-8,11,14,21H,9-10H2,(H,22,23,24). The Morgan fingerprint density at radius 1 is 1.17 bits per heavy atom. The van der Waals surface area contributed by atoms with Crippen molar-refractivity contribution in [2.45, 2.75) is 5.92 Å². The van der Waals surface area contributed by atoms with Crippen molar-refractivity contribution in [3.05, 3.63) is 59.7 Å². The Morgan fingerprint density at radius 2 is 2.04 bits per heavy atom. The van der Waals surface area contributed by atoms with E-state index in [0.717, 1.165) is 24.0 Å². The number of anilines is 2. The van der Waals surface area contributed by atoms with Crippen LogP contribution in [0.2, 0.25) is 0 Å². The van der Waals surface area contributed by atoms with Crippen molar-refractivity contribution in [1.29, 1.82) is 0 Å². The number of hydrogen-bond donors (Lipinski definition) is 2. The summed E-state index contributed by atoms with van der Waals surface area (Å²) >= 11 is 0. The molecule has 0 atom stereocenters. The van der Waals surface area contributed by atoms with Crippen LogP contribution in [-0.4, -0.2) is 23.1 Å². The van der Waals surface area contributed by atoms with Gasteiger partial charge in [-0.2, -0.15) is 0 Å². The maximum absolute atomic E-state index is 14.1. The first-order valence-electron chi connectivity index (χ1n) is 7.73. The van der Waals surface area contributed by atoms with E-state index in [9.17, 15) is 4.39 Å². The van der Waals surface area contributed by atoms with Crippen molar-refractivity contribution < 1.29 is 4.39 Å². The van der Waals surface area contributed by atoms with Gasteiger partial charge in [-0.25, -0.2) is 14.4 Å². The number of nitrogens with zero attached hydrogens (tertiary/aromatic N) is 2. The van der Waals surface area contributed by atoms with Crippen molar-refractivity contribution in [3.8, 4) is 12.3 Å². The Bertz CT molecular complexity index is 957. The Hall–Kier alpha value is -2.97. The van der Waals surface area contributed by atoms with Crippen LogP contribution in [0.3, 0.4) is 0 Å². The van der Waals surface area contributed by atoms with Gasteiger partial charge in [0.2, 0.25) is 0 Å². The van der Waals surface area contributed by atoms with Gasteiger partial charge in [-0.1, -0.05) is 12.0 Å². The summed E-state index contributed by atoms with van der Waals surface area (Å²) in [5.41, 5.74) is 2.97. The number of aromatic nitrogens is 2. The Labute approximate surface area is 139 Å². The van der Waals surface area contributed by atoms with Crippen molar-refractivity contribution in [1.82, 2.24) is 15.3 Å². The fourth-order valence-electron chi connectivity index (χ4n) is 2.79. The quantitative estimate of drug-likeness (QED) is 0.728. The molecule has 1 aromatic heterocycles. The zero-order valence-corrected chi connectivity index (χ0v) is 12.9. The lowest BCUT2D eigenvalue weighted by molar-refractivity contribution is 0.449. The van der Waals surface area contributed by atoms with Crippen LogP contribution >= 0.6 is 0 Å². The molecule has 1 fully saturated rings. The fraction of sp³-hybridized carbons (Fsp3) is 0.158. The van der Waals surface area contributed by atoms with Gasteiger partial charge in [-0.15, -0.1) is 6.42 Å². The maximum Gasteiger partial charge on any atom is 0.146 e. The molecule has 2 heterocycles. The highest BCUT2D eigenvalue weighted by Gasteiger charge is 2.19. The summed E-state index contributed by atoms with van der Waals surface area (Å²) < 4.78 is 14.1. The van der Waals surface area contributed by atoms with Gasteiger partial charge in [-0.05, 0) is 35.9 Å². The molecule has 24 heavy (non-hydrogen) atoms. The van der Waals surface area contributed by atoms with Gasteiger partial charge in [0.05, 0.1) is 11.2 Å². The molecule has 2 aromatic carbocycles. The normalized spacial score (nSPS) is 14.2. The van der Waals surface area contributed by atoms with E-state index in [1.54, 1.807) is 12.1 Å². The molecule has 0 amide bonds. The predicted molar refractivity (Wildman–Crippen MR) is 92.8 cm³/mol. The van der Waals surface area contributed by atoms with Crippen LogP contribution in [0.15, 0.2) is 42.7 Å². The molecule has 1 saturated heterocycles. The van der Waals surface area contributed by atoms with Gasteiger partial charge in [-0.3, -0.25) is 0 Å². The van der Waals surface area contributed by atoms with Gasteiger partial charge in [0, 0.05) is 30.0 Å². The minimum Gasteiger partial charge on any atom is -0.337 e. The molecule has 0 bridgehead atoms. The van der Waals surface area contributed by atoms with Crippen LogP contribution in [0.4, 0.5) is 15.9 Å². The number of halogens is 1. The average molecular weight is 318 g/mol. The van der Waals surface area contributed by atoms with Crippen molar-refractivity contribution in [2.75, 3.05) is 18.4 Å². The molecule has 1 aliphatic rings. The van der Waals surface area contributed by atoms with Gasteiger partial charge in [0.1, 0.15) is 18.0 Å². The third kappa shape index (κ3) is 2.57. The largest absolute Gasteiger partial charge is 0.337 e. The second-order valence-electron chi connectivity index (χ2n) is 5.82. The second-order valence-corrected chi connectivity index (χ2v) is 5.82. The van der Waals surface area contributed by atoms with E-state index in [1.165, 1.54) is 18.0 Å². The van der Waals surface area contributed by atoms with Crippen molar-refractivity contribution >= 4 is 22.4 Å². The maximum atomic E-state index is 14.1.